The fourth-order valence-corrected chi connectivity index (χ4v) is 2.97. The minimum atomic E-state index is -0.156. The van der Waals surface area contributed by atoms with Crippen molar-refractivity contribution in [3.05, 3.63) is 35.7 Å². The molecule has 2 aromatic rings. The summed E-state index contributed by atoms with van der Waals surface area (Å²) in [4.78, 5) is 12.5. The van der Waals surface area contributed by atoms with E-state index in [0.29, 0.717) is 12.1 Å². The quantitative estimate of drug-likeness (QED) is 0.803. The van der Waals surface area contributed by atoms with Crippen molar-refractivity contribution in [2.45, 2.75) is 45.8 Å². The summed E-state index contributed by atoms with van der Waals surface area (Å²) in [7, 11) is 0. The number of carbonyl (C=O) groups excluding carboxylic acids is 1. The van der Waals surface area contributed by atoms with Gasteiger partial charge >= 0.3 is 0 Å². The van der Waals surface area contributed by atoms with Crippen LogP contribution < -0.4 is 15.4 Å². The maximum Gasteiger partial charge on any atom is 0.274 e. The summed E-state index contributed by atoms with van der Waals surface area (Å²) in [5, 5.41) is 14.6. The highest BCUT2D eigenvalue weighted by Crippen LogP contribution is 2.19. The van der Waals surface area contributed by atoms with Gasteiger partial charge < -0.3 is 15.4 Å². The number of carbonyl (C=O) groups is 1. The van der Waals surface area contributed by atoms with Gasteiger partial charge in [-0.1, -0.05) is 12.1 Å². The van der Waals surface area contributed by atoms with Crippen LogP contribution in [0.2, 0.25) is 0 Å². The highest BCUT2D eigenvalue weighted by molar-refractivity contribution is 5.93. The Labute approximate surface area is 159 Å². The molecule has 1 aromatic heterocycles. The molecule has 0 saturated carbocycles. The molecule has 2 heterocycles. The molecule has 1 fully saturated rings. The van der Waals surface area contributed by atoms with Crippen molar-refractivity contribution in [3.8, 4) is 11.4 Å². The molecule has 1 aromatic carbocycles. The third-order valence-electron chi connectivity index (χ3n) is 4.16. The lowest BCUT2D eigenvalue weighted by atomic mass is 10.2. The topological polar surface area (TPSA) is 81.1 Å². The van der Waals surface area contributed by atoms with E-state index >= 15 is 0 Å². The normalized spacial score (nSPS) is 16.4. The molecule has 1 unspecified atom stereocenters. The van der Waals surface area contributed by atoms with Gasteiger partial charge in [-0.2, -0.15) is 0 Å². The second-order valence-electron chi connectivity index (χ2n) is 6.47. The van der Waals surface area contributed by atoms with Crippen LogP contribution in [-0.4, -0.2) is 46.1 Å². The van der Waals surface area contributed by atoms with E-state index in [0.717, 1.165) is 36.6 Å². The van der Waals surface area contributed by atoms with Crippen molar-refractivity contribution in [2.24, 2.45) is 0 Å². The molecule has 26 heavy (non-hydrogen) atoms. The van der Waals surface area contributed by atoms with Crippen LogP contribution in [0.4, 0.5) is 0 Å². The molecule has 3 rings (SSSR count). The van der Waals surface area contributed by atoms with E-state index in [1.165, 1.54) is 0 Å². The van der Waals surface area contributed by atoms with Gasteiger partial charge in [0.05, 0.1) is 17.5 Å². The Morgan fingerprint density at radius 3 is 2.69 bits per heavy atom. The van der Waals surface area contributed by atoms with Gasteiger partial charge in [0.1, 0.15) is 5.75 Å². The zero-order chi connectivity index (χ0) is 17.8. The van der Waals surface area contributed by atoms with E-state index < -0.39 is 0 Å². The number of amides is 1. The first-order valence-electron chi connectivity index (χ1n) is 8.81. The van der Waals surface area contributed by atoms with Gasteiger partial charge in [-0.3, -0.25) is 4.79 Å². The minimum Gasteiger partial charge on any atom is -0.491 e. The first-order valence-corrected chi connectivity index (χ1v) is 8.81. The molecular formula is C18H26ClN5O2. The average molecular weight is 380 g/mol. The van der Waals surface area contributed by atoms with Crippen LogP contribution >= 0.6 is 12.4 Å². The van der Waals surface area contributed by atoms with Crippen LogP contribution in [0.1, 0.15) is 43.4 Å². The Morgan fingerprint density at radius 2 is 2.12 bits per heavy atom. The second-order valence-corrected chi connectivity index (χ2v) is 6.47. The molecular weight excluding hydrogens is 354 g/mol. The van der Waals surface area contributed by atoms with Crippen molar-refractivity contribution in [1.29, 1.82) is 0 Å². The van der Waals surface area contributed by atoms with Crippen LogP contribution in [-0.2, 0) is 6.42 Å². The molecule has 1 aliphatic heterocycles. The van der Waals surface area contributed by atoms with Gasteiger partial charge in [0.15, 0.2) is 5.69 Å². The number of hydrogen-bond donors (Lipinski definition) is 2. The predicted octanol–water partition coefficient (Wildman–Crippen LogP) is 2.13. The van der Waals surface area contributed by atoms with E-state index in [1.807, 2.05) is 45.0 Å². The first kappa shape index (κ1) is 20.2. The zero-order valence-corrected chi connectivity index (χ0v) is 16.2. The van der Waals surface area contributed by atoms with Gasteiger partial charge in [0.25, 0.3) is 5.91 Å². The molecule has 7 nitrogen and oxygen atoms in total. The fraction of sp³-hybridized carbons (Fsp3) is 0.500. The molecule has 1 aliphatic rings. The number of ether oxygens (including phenoxy) is 1. The summed E-state index contributed by atoms with van der Waals surface area (Å²) < 4.78 is 7.39. The monoisotopic (exact) mass is 379 g/mol. The minimum absolute atomic E-state index is 0. The summed E-state index contributed by atoms with van der Waals surface area (Å²) in [5.74, 6) is 0.653. The third kappa shape index (κ3) is 4.53. The van der Waals surface area contributed by atoms with Crippen molar-refractivity contribution >= 4 is 18.3 Å². The maximum absolute atomic E-state index is 12.5. The lowest BCUT2D eigenvalue weighted by Gasteiger charge is -2.12. The van der Waals surface area contributed by atoms with E-state index in [-0.39, 0.29) is 30.5 Å². The molecule has 2 N–H and O–H groups in total. The molecule has 1 amide bonds. The SMILES string of the molecule is CCc1c(C(=O)NC2CCNC2)nnn1-c1ccc(OC(C)C)cc1.Cl. The van der Waals surface area contributed by atoms with Crippen LogP contribution in [0.5, 0.6) is 5.75 Å². The summed E-state index contributed by atoms with van der Waals surface area (Å²) in [6.07, 6.45) is 1.74. The molecule has 1 atom stereocenters. The highest BCUT2D eigenvalue weighted by Gasteiger charge is 2.23. The number of nitrogens with zero attached hydrogens (tertiary/aromatic N) is 3. The Morgan fingerprint density at radius 1 is 1.38 bits per heavy atom. The van der Waals surface area contributed by atoms with Gasteiger partial charge in [0.2, 0.25) is 0 Å². The number of nitrogens with one attached hydrogen (secondary N) is 2. The number of rotatable bonds is 6. The Hall–Kier alpha value is -2.12. The average Bonchev–Trinajstić information content (AvgIpc) is 3.24. The molecule has 0 aliphatic carbocycles. The second kappa shape index (κ2) is 9.00. The summed E-state index contributed by atoms with van der Waals surface area (Å²) in [6.45, 7) is 7.72. The summed E-state index contributed by atoms with van der Waals surface area (Å²) in [5.41, 5.74) is 2.07. The number of halogens is 1. The maximum atomic E-state index is 12.5. The zero-order valence-electron chi connectivity index (χ0n) is 15.4. The first-order chi connectivity index (χ1) is 12.1. The number of benzene rings is 1. The lowest BCUT2D eigenvalue weighted by molar-refractivity contribution is 0.0934. The van der Waals surface area contributed by atoms with Gasteiger partial charge in [-0.15, -0.1) is 17.5 Å². The molecule has 0 spiro atoms. The van der Waals surface area contributed by atoms with Crippen molar-refractivity contribution in [1.82, 2.24) is 25.6 Å². The standard InChI is InChI=1S/C18H25N5O2.ClH/c1-4-16-17(18(24)20-13-9-10-19-11-13)21-22-23(16)14-5-7-15(8-6-14)25-12(2)3;/h5-8,12-13,19H,4,9-11H2,1-3H3,(H,20,24);1H. The molecule has 0 radical (unpaired) electrons. The van der Waals surface area contributed by atoms with Crippen molar-refractivity contribution in [3.63, 3.8) is 0 Å². The summed E-state index contributed by atoms with van der Waals surface area (Å²) >= 11 is 0. The van der Waals surface area contributed by atoms with E-state index in [4.69, 9.17) is 4.74 Å². The van der Waals surface area contributed by atoms with Crippen LogP contribution in [0.25, 0.3) is 5.69 Å². The third-order valence-corrected chi connectivity index (χ3v) is 4.16. The van der Waals surface area contributed by atoms with Gasteiger partial charge in [-0.05, 0) is 57.5 Å². The van der Waals surface area contributed by atoms with E-state index in [9.17, 15) is 4.79 Å². The number of hydrogen-bond acceptors (Lipinski definition) is 5. The van der Waals surface area contributed by atoms with Gasteiger partial charge in [0, 0.05) is 12.6 Å². The largest absolute Gasteiger partial charge is 0.491 e. The lowest BCUT2D eigenvalue weighted by Crippen LogP contribution is -2.36. The molecule has 0 bridgehead atoms. The molecule has 1 saturated heterocycles. The van der Waals surface area contributed by atoms with Crippen LogP contribution in [0.3, 0.4) is 0 Å². The van der Waals surface area contributed by atoms with Crippen LogP contribution in [0, 0.1) is 0 Å². The smallest absolute Gasteiger partial charge is 0.274 e. The molecule has 8 heteroatoms. The predicted molar refractivity (Wildman–Crippen MR) is 102 cm³/mol. The summed E-state index contributed by atoms with van der Waals surface area (Å²) in [6, 6.07) is 7.82. The fourth-order valence-electron chi connectivity index (χ4n) is 2.97. The van der Waals surface area contributed by atoms with Gasteiger partial charge in [-0.25, -0.2) is 4.68 Å². The Bertz CT molecular complexity index is 724. The highest BCUT2D eigenvalue weighted by atomic mass is 35.5. The number of aromatic nitrogens is 3. The van der Waals surface area contributed by atoms with Crippen LogP contribution in [0.15, 0.2) is 24.3 Å². The van der Waals surface area contributed by atoms with Crippen molar-refractivity contribution in [2.75, 3.05) is 13.1 Å². The Balaban J connectivity index is 0.00000243. The van der Waals surface area contributed by atoms with E-state index in [2.05, 4.69) is 20.9 Å². The Kier molecular flexibility index (Phi) is 6.99. The van der Waals surface area contributed by atoms with E-state index in [1.54, 1.807) is 4.68 Å². The molecule has 142 valence electrons. The van der Waals surface area contributed by atoms with Crippen molar-refractivity contribution < 1.29 is 9.53 Å².